The average molecular weight is 244 g/mol. The van der Waals surface area contributed by atoms with E-state index in [-0.39, 0.29) is 5.97 Å². The minimum Gasteiger partial charge on any atom is -0.478 e. The Morgan fingerprint density at radius 2 is 1.29 bits per heavy atom. The van der Waals surface area contributed by atoms with Crippen molar-refractivity contribution in [3.63, 3.8) is 0 Å². The van der Waals surface area contributed by atoms with Gasteiger partial charge in [0.05, 0.1) is 7.11 Å². The van der Waals surface area contributed by atoms with Crippen molar-refractivity contribution in [1.82, 2.24) is 0 Å². The summed E-state index contributed by atoms with van der Waals surface area (Å²) in [6.45, 7) is 10.9. The summed E-state index contributed by atoms with van der Waals surface area (Å²) in [6.07, 6.45) is 1.67. The van der Waals surface area contributed by atoms with Crippen molar-refractivity contribution in [1.29, 1.82) is 0 Å². The summed E-state index contributed by atoms with van der Waals surface area (Å²) >= 11 is 0. The average Bonchev–Trinajstić information content (AvgIpc) is 2.29. The van der Waals surface area contributed by atoms with Gasteiger partial charge in [-0.25, -0.2) is 14.4 Å². The summed E-state index contributed by atoms with van der Waals surface area (Å²) in [5.41, 5.74) is 0.433. The van der Waals surface area contributed by atoms with Crippen LogP contribution < -0.4 is 0 Å². The molecule has 0 atom stereocenters. The molecule has 0 unspecified atom stereocenters. The molecule has 0 aromatic rings. The molecule has 0 heterocycles. The van der Waals surface area contributed by atoms with Gasteiger partial charge in [-0.3, -0.25) is 0 Å². The van der Waals surface area contributed by atoms with E-state index in [2.05, 4.69) is 24.5 Å². The SMILES string of the molecule is C=C(C)C(=O)OC.C=CC(=O)O.C=CC(=O)O. The zero-order valence-corrected chi connectivity index (χ0v) is 9.80. The fourth-order valence-electron chi connectivity index (χ4n) is 0.174. The lowest BCUT2D eigenvalue weighted by atomic mass is 10.4. The second-order valence-electron chi connectivity index (χ2n) is 2.36. The van der Waals surface area contributed by atoms with Crippen LogP contribution in [0.5, 0.6) is 0 Å². The summed E-state index contributed by atoms with van der Waals surface area (Å²) < 4.78 is 4.27. The molecular weight excluding hydrogens is 228 g/mol. The number of carbonyl (C=O) groups is 3. The Morgan fingerprint density at radius 3 is 1.29 bits per heavy atom. The first-order valence-electron chi connectivity index (χ1n) is 4.17. The van der Waals surface area contributed by atoms with Crippen LogP contribution in [0.2, 0.25) is 0 Å². The molecule has 0 fully saturated rings. The number of carboxylic acids is 2. The lowest BCUT2D eigenvalue weighted by Gasteiger charge is -1.91. The van der Waals surface area contributed by atoms with E-state index in [1.807, 2.05) is 0 Å². The van der Waals surface area contributed by atoms with E-state index in [1.54, 1.807) is 6.92 Å². The van der Waals surface area contributed by atoms with E-state index in [9.17, 15) is 14.4 Å². The Kier molecular flexibility index (Phi) is 16.1. The number of carbonyl (C=O) groups excluding carboxylic acids is 1. The van der Waals surface area contributed by atoms with E-state index in [0.717, 1.165) is 12.2 Å². The van der Waals surface area contributed by atoms with Gasteiger partial charge in [-0.05, 0) is 6.92 Å². The predicted octanol–water partition coefficient (Wildman–Crippen LogP) is 1.25. The fraction of sp³-hybridized carbons (Fsp3) is 0.182. The van der Waals surface area contributed by atoms with Crippen LogP contribution in [0.4, 0.5) is 0 Å². The number of hydrogen-bond acceptors (Lipinski definition) is 4. The van der Waals surface area contributed by atoms with E-state index in [0.29, 0.717) is 5.57 Å². The minimum atomic E-state index is -0.981. The third-order valence-corrected chi connectivity index (χ3v) is 0.883. The van der Waals surface area contributed by atoms with Gasteiger partial charge in [0.25, 0.3) is 0 Å². The topological polar surface area (TPSA) is 101 Å². The third-order valence-electron chi connectivity index (χ3n) is 0.883. The van der Waals surface area contributed by atoms with Crippen molar-refractivity contribution in [3.8, 4) is 0 Å². The maximum absolute atomic E-state index is 10.2. The van der Waals surface area contributed by atoms with Gasteiger partial charge < -0.3 is 14.9 Å². The zero-order valence-electron chi connectivity index (χ0n) is 9.80. The van der Waals surface area contributed by atoms with Crippen LogP contribution in [0.3, 0.4) is 0 Å². The zero-order chi connectivity index (χ0) is 14.4. The van der Waals surface area contributed by atoms with Gasteiger partial charge in [0.1, 0.15) is 0 Å². The molecule has 0 aliphatic carbocycles. The largest absolute Gasteiger partial charge is 0.478 e. The molecule has 6 nitrogen and oxygen atoms in total. The number of methoxy groups -OCH3 is 1. The molecule has 0 bridgehead atoms. The Balaban J connectivity index is -0.000000177. The quantitative estimate of drug-likeness (QED) is 0.572. The Hall–Kier alpha value is -2.37. The molecular formula is C11H16O6. The second kappa shape index (κ2) is 13.6. The van der Waals surface area contributed by atoms with Crippen LogP contribution >= 0.6 is 0 Å². The lowest BCUT2D eigenvalue weighted by Crippen LogP contribution is -1.98. The summed E-state index contributed by atoms with van der Waals surface area (Å²) in [5, 5.41) is 15.2. The highest BCUT2D eigenvalue weighted by atomic mass is 16.5. The smallest absolute Gasteiger partial charge is 0.332 e. The van der Waals surface area contributed by atoms with Crippen molar-refractivity contribution in [2.45, 2.75) is 6.92 Å². The molecule has 0 radical (unpaired) electrons. The maximum atomic E-state index is 10.2. The first kappa shape index (κ1) is 20.1. The van der Waals surface area contributed by atoms with Crippen molar-refractivity contribution in [3.05, 3.63) is 37.5 Å². The number of hydrogen-bond donors (Lipinski definition) is 2. The summed E-state index contributed by atoms with van der Waals surface area (Å²) in [4.78, 5) is 28.7. The van der Waals surface area contributed by atoms with Crippen molar-refractivity contribution >= 4 is 17.9 Å². The third kappa shape index (κ3) is 31.7. The van der Waals surface area contributed by atoms with Crippen LogP contribution in [-0.2, 0) is 19.1 Å². The molecule has 0 amide bonds. The summed E-state index contributed by atoms with van der Waals surface area (Å²) in [5.74, 6) is -2.31. The normalized spacial score (nSPS) is 6.94. The highest BCUT2D eigenvalue weighted by molar-refractivity contribution is 5.86. The van der Waals surface area contributed by atoms with E-state index in [1.165, 1.54) is 7.11 Å². The van der Waals surface area contributed by atoms with Crippen LogP contribution in [0.1, 0.15) is 6.92 Å². The molecule has 0 saturated heterocycles. The van der Waals surface area contributed by atoms with E-state index >= 15 is 0 Å². The molecule has 0 spiro atoms. The molecule has 0 aromatic heterocycles. The molecule has 17 heavy (non-hydrogen) atoms. The van der Waals surface area contributed by atoms with Gasteiger partial charge in [0, 0.05) is 17.7 Å². The van der Waals surface area contributed by atoms with Crippen LogP contribution in [0.15, 0.2) is 37.5 Å². The molecule has 0 aliphatic heterocycles. The molecule has 0 aliphatic rings. The van der Waals surface area contributed by atoms with Gasteiger partial charge in [-0.15, -0.1) is 0 Å². The van der Waals surface area contributed by atoms with Gasteiger partial charge >= 0.3 is 17.9 Å². The molecule has 0 saturated carbocycles. The van der Waals surface area contributed by atoms with Crippen molar-refractivity contribution < 1.29 is 29.3 Å². The van der Waals surface area contributed by atoms with Gasteiger partial charge in [0.2, 0.25) is 0 Å². The van der Waals surface area contributed by atoms with Gasteiger partial charge in [-0.2, -0.15) is 0 Å². The van der Waals surface area contributed by atoms with Gasteiger partial charge in [-0.1, -0.05) is 19.7 Å². The number of aliphatic carboxylic acids is 2. The van der Waals surface area contributed by atoms with E-state index in [4.69, 9.17) is 10.2 Å². The monoisotopic (exact) mass is 244 g/mol. The van der Waals surface area contributed by atoms with Crippen LogP contribution in [0, 0.1) is 0 Å². The van der Waals surface area contributed by atoms with Gasteiger partial charge in [0.15, 0.2) is 0 Å². The predicted molar refractivity (Wildman–Crippen MR) is 62.5 cm³/mol. The van der Waals surface area contributed by atoms with Crippen molar-refractivity contribution in [2.24, 2.45) is 0 Å². The fourth-order valence-corrected chi connectivity index (χ4v) is 0.174. The van der Waals surface area contributed by atoms with Crippen LogP contribution in [0.25, 0.3) is 0 Å². The number of carboxylic acid groups (broad SMARTS) is 2. The number of rotatable bonds is 3. The summed E-state index contributed by atoms with van der Waals surface area (Å²) in [7, 11) is 1.33. The lowest BCUT2D eigenvalue weighted by molar-refractivity contribution is -0.136. The first-order valence-corrected chi connectivity index (χ1v) is 4.17. The number of esters is 1. The van der Waals surface area contributed by atoms with Crippen LogP contribution in [-0.4, -0.2) is 35.2 Å². The molecule has 0 aromatic carbocycles. The van der Waals surface area contributed by atoms with Crippen molar-refractivity contribution in [2.75, 3.05) is 7.11 Å². The second-order valence-corrected chi connectivity index (χ2v) is 2.36. The molecule has 0 rings (SSSR count). The molecule has 96 valence electrons. The summed E-state index contributed by atoms with van der Waals surface area (Å²) in [6, 6.07) is 0. The first-order chi connectivity index (χ1) is 7.72. The highest BCUT2D eigenvalue weighted by Gasteiger charge is 1.95. The molecule has 6 heteroatoms. The Morgan fingerprint density at radius 1 is 1.06 bits per heavy atom. The minimum absolute atomic E-state index is 0.347. The molecule has 2 N–H and O–H groups in total. The Bertz CT molecular complexity index is 285. The Labute approximate surface area is 99.5 Å². The number of ether oxygens (including phenoxy) is 1. The van der Waals surface area contributed by atoms with E-state index < -0.39 is 11.9 Å². The maximum Gasteiger partial charge on any atom is 0.332 e. The highest BCUT2D eigenvalue weighted by Crippen LogP contribution is 1.87. The standard InChI is InChI=1S/C5H8O2.2C3H4O2/c1-4(2)5(6)7-3;2*1-2-3(4)5/h1H2,2-3H3;2*2H,1H2,(H,4,5).